The number of hydrogen-bond acceptors (Lipinski definition) is 6. The second kappa shape index (κ2) is 8.68. The van der Waals surface area contributed by atoms with Crippen molar-refractivity contribution in [2.24, 2.45) is 0 Å². The van der Waals surface area contributed by atoms with Crippen LogP contribution in [-0.2, 0) is 17.3 Å². The van der Waals surface area contributed by atoms with Gasteiger partial charge in [-0.25, -0.2) is 4.39 Å². The zero-order valence-corrected chi connectivity index (χ0v) is 21.5. The van der Waals surface area contributed by atoms with Crippen LogP contribution in [0.25, 0.3) is 11.0 Å². The van der Waals surface area contributed by atoms with E-state index in [4.69, 9.17) is 0 Å². The lowest BCUT2D eigenvalue weighted by molar-refractivity contribution is 0.423. The highest BCUT2D eigenvalue weighted by atomic mass is 32.1. The van der Waals surface area contributed by atoms with Crippen LogP contribution in [0.5, 0.6) is 5.75 Å². The third-order valence-corrected chi connectivity index (χ3v) is 6.74. The van der Waals surface area contributed by atoms with Crippen molar-refractivity contribution in [2.75, 3.05) is 0 Å². The Morgan fingerprint density at radius 1 is 1.00 bits per heavy atom. The lowest BCUT2D eigenvalue weighted by Crippen LogP contribution is -2.28. The molecule has 6 nitrogen and oxygen atoms in total. The Labute approximate surface area is 206 Å². The summed E-state index contributed by atoms with van der Waals surface area (Å²) in [5.41, 5.74) is 1.66. The van der Waals surface area contributed by atoms with Crippen molar-refractivity contribution < 1.29 is 9.50 Å². The Hall–Kier alpha value is -3.39. The van der Waals surface area contributed by atoms with Gasteiger partial charge in [0.2, 0.25) is 4.96 Å². The quantitative estimate of drug-likeness (QED) is 0.465. The molecule has 0 radical (unpaired) electrons. The van der Waals surface area contributed by atoms with Crippen LogP contribution in [0.3, 0.4) is 0 Å². The van der Waals surface area contributed by atoms with Crippen LogP contribution in [0.4, 0.5) is 4.39 Å². The summed E-state index contributed by atoms with van der Waals surface area (Å²) in [6.45, 7) is 12.2. The Balaban J connectivity index is 1.86. The Morgan fingerprint density at radius 2 is 1.57 bits per heavy atom. The minimum atomic E-state index is -0.517. The smallest absolute Gasteiger partial charge is 0.296 e. The number of phenols is 1. The van der Waals surface area contributed by atoms with E-state index >= 15 is 0 Å². The summed E-state index contributed by atoms with van der Waals surface area (Å²) in [7, 11) is 0. The van der Waals surface area contributed by atoms with Gasteiger partial charge >= 0.3 is 0 Å². The monoisotopic (exact) mass is 493 g/mol. The largest absolute Gasteiger partial charge is 0.507 e. The Bertz CT molecular complexity index is 1560. The van der Waals surface area contributed by atoms with Crippen LogP contribution >= 0.6 is 11.3 Å². The molecule has 182 valence electrons. The van der Waals surface area contributed by atoms with Gasteiger partial charge in [-0.05, 0) is 52.3 Å². The minimum absolute atomic E-state index is 0.116. The predicted molar refractivity (Wildman–Crippen MR) is 137 cm³/mol. The molecule has 0 bridgehead atoms. The minimum Gasteiger partial charge on any atom is -0.507 e. The first-order valence-electron chi connectivity index (χ1n) is 11.3. The van der Waals surface area contributed by atoms with Crippen LogP contribution in [-0.4, -0.2) is 19.7 Å². The van der Waals surface area contributed by atoms with Crippen LogP contribution in [0.2, 0.25) is 0 Å². The van der Waals surface area contributed by atoms with Gasteiger partial charge < -0.3 is 5.11 Å². The molecule has 35 heavy (non-hydrogen) atoms. The number of benzene rings is 2. The molecule has 1 N–H and O–H groups in total. The fourth-order valence-corrected chi connectivity index (χ4v) is 4.79. The van der Waals surface area contributed by atoms with Crippen molar-refractivity contribution in [3.63, 3.8) is 0 Å². The van der Waals surface area contributed by atoms with Crippen molar-refractivity contribution in [3.8, 4) is 5.75 Å². The number of fused-ring (bicyclic) bond motifs is 1. The second-order valence-electron chi connectivity index (χ2n) is 10.7. The lowest BCUT2D eigenvalue weighted by Gasteiger charge is -2.27. The summed E-state index contributed by atoms with van der Waals surface area (Å²) < 4.78 is 14.7. The average Bonchev–Trinajstić information content (AvgIpc) is 3.03. The van der Waals surface area contributed by atoms with E-state index in [-0.39, 0.29) is 45.0 Å². The fourth-order valence-electron chi connectivity index (χ4n) is 3.88. The number of thiazole rings is 1. The highest BCUT2D eigenvalue weighted by Crippen LogP contribution is 2.39. The number of rotatable bonds is 3. The van der Waals surface area contributed by atoms with Gasteiger partial charge in [-0.2, -0.15) is 14.6 Å². The number of nitrogens with zero attached hydrogens (tertiary/aromatic N) is 3. The first-order valence-corrected chi connectivity index (χ1v) is 12.1. The number of halogens is 1. The van der Waals surface area contributed by atoms with E-state index in [9.17, 15) is 19.1 Å². The van der Waals surface area contributed by atoms with Crippen molar-refractivity contribution in [2.45, 2.75) is 58.8 Å². The van der Waals surface area contributed by atoms with E-state index in [0.717, 1.165) is 32.5 Å². The van der Waals surface area contributed by atoms with Gasteiger partial charge in [0.1, 0.15) is 17.3 Å². The van der Waals surface area contributed by atoms with Crippen LogP contribution < -0.4 is 15.7 Å². The number of phenolic OH excluding ortho intramolecular Hbond substituents is 1. The lowest BCUT2D eigenvalue weighted by atomic mass is 9.78. The molecule has 0 spiro atoms. The maximum atomic E-state index is 13.2. The van der Waals surface area contributed by atoms with E-state index in [2.05, 4.69) is 10.1 Å². The normalized spacial score (nSPS) is 13.1. The molecular weight excluding hydrogens is 465 g/mol. The summed E-state index contributed by atoms with van der Waals surface area (Å²) >= 11 is 1.09. The van der Waals surface area contributed by atoms with Crippen LogP contribution in [0.15, 0.2) is 46.0 Å². The molecule has 0 aliphatic heterocycles. The van der Waals surface area contributed by atoms with Gasteiger partial charge in [0, 0.05) is 17.5 Å². The molecule has 4 rings (SSSR count). The highest BCUT2D eigenvalue weighted by molar-refractivity contribution is 7.15. The molecule has 0 fully saturated rings. The predicted octanol–water partition coefficient (Wildman–Crippen LogP) is 4.09. The van der Waals surface area contributed by atoms with Gasteiger partial charge in [-0.15, -0.1) is 0 Å². The zero-order valence-electron chi connectivity index (χ0n) is 20.6. The van der Waals surface area contributed by atoms with Gasteiger partial charge in [0.15, 0.2) is 0 Å². The third kappa shape index (κ3) is 5.03. The molecule has 0 amide bonds. The number of aromatic nitrogens is 3. The van der Waals surface area contributed by atoms with Gasteiger partial charge in [0.05, 0.1) is 4.53 Å². The molecule has 0 saturated carbocycles. The fraction of sp³-hybridized carbons (Fsp3) is 0.333. The Morgan fingerprint density at radius 3 is 2.11 bits per heavy atom. The first kappa shape index (κ1) is 24.7. The molecule has 2 aromatic heterocycles. The van der Waals surface area contributed by atoms with Crippen molar-refractivity contribution in [1.29, 1.82) is 0 Å². The van der Waals surface area contributed by atoms with Crippen LogP contribution in [0.1, 0.15) is 69.5 Å². The van der Waals surface area contributed by atoms with E-state index < -0.39 is 5.56 Å². The molecular formula is C27H28FN3O3S. The molecule has 0 unspecified atom stereocenters. The average molecular weight is 494 g/mol. The zero-order chi connectivity index (χ0) is 25.7. The van der Waals surface area contributed by atoms with Gasteiger partial charge in [-0.3, -0.25) is 9.59 Å². The number of hydrogen-bond donors (Lipinski definition) is 1. The van der Waals surface area contributed by atoms with E-state index in [1.54, 1.807) is 18.2 Å². The van der Waals surface area contributed by atoms with Crippen molar-refractivity contribution in [3.05, 3.63) is 95.4 Å². The maximum Gasteiger partial charge on any atom is 0.296 e. The first-order chi connectivity index (χ1) is 16.2. The Kier molecular flexibility index (Phi) is 6.13. The summed E-state index contributed by atoms with van der Waals surface area (Å²) in [6, 6.07) is 9.54. The summed E-state index contributed by atoms with van der Waals surface area (Å²) in [5.74, 6) is -0.106. The SMILES string of the molecule is CC(C)(C)c1cc(/C=c2/sc3nc(=O)c(Cc4ccc(F)cc4)nn3c2=O)cc(C(C)(C)C)c1O. The van der Waals surface area contributed by atoms with Crippen molar-refractivity contribution >= 4 is 22.4 Å². The van der Waals surface area contributed by atoms with Gasteiger partial charge in [0.25, 0.3) is 11.1 Å². The molecule has 0 aliphatic carbocycles. The standard InChI is InChI=1S/C27H28FN3O3S/c1-26(2,3)18-11-16(12-19(22(18)32)27(4,5)6)14-21-24(34)31-25(35-21)29-23(33)20(30-31)13-15-7-9-17(28)10-8-15/h7-12,14,32H,13H2,1-6H3/b21-14+. The van der Waals surface area contributed by atoms with Gasteiger partial charge in [-0.1, -0.05) is 65.0 Å². The van der Waals surface area contributed by atoms with E-state index in [0.29, 0.717) is 10.1 Å². The number of aromatic hydroxyl groups is 1. The highest BCUT2D eigenvalue weighted by Gasteiger charge is 2.26. The summed E-state index contributed by atoms with van der Waals surface area (Å²) in [4.78, 5) is 30.0. The second-order valence-corrected chi connectivity index (χ2v) is 11.8. The van der Waals surface area contributed by atoms with E-state index in [1.807, 2.05) is 53.7 Å². The molecule has 0 atom stereocenters. The molecule has 2 heterocycles. The maximum absolute atomic E-state index is 13.2. The molecule has 8 heteroatoms. The van der Waals surface area contributed by atoms with Crippen molar-refractivity contribution in [1.82, 2.24) is 14.6 Å². The summed E-state index contributed by atoms with van der Waals surface area (Å²) in [5, 5.41) is 15.2. The molecule has 0 aliphatic rings. The molecule has 2 aromatic carbocycles. The summed E-state index contributed by atoms with van der Waals surface area (Å²) in [6.07, 6.45) is 1.89. The molecule has 0 saturated heterocycles. The third-order valence-electron chi connectivity index (χ3n) is 5.78. The van der Waals surface area contributed by atoms with E-state index in [1.165, 1.54) is 12.1 Å². The topological polar surface area (TPSA) is 84.6 Å². The van der Waals surface area contributed by atoms with Crippen LogP contribution in [0, 0.1) is 5.82 Å². The molecule has 4 aromatic rings.